The fourth-order valence-electron chi connectivity index (χ4n) is 3.48. The highest BCUT2D eigenvalue weighted by Gasteiger charge is 2.38. The Hall–Kier alpha value is -1.73. The highest BCUT2D eigenvalue weighted by atomic mass is 32.1. The van der Waals surface area contributed by atoms with Gasteiger partial charge in [0.05, 0.1) is 17.2 Å². The van der Waals surface area contributed by atoms with Crippen LogP contribution in [0.25, 0.3) is 0 Å². The van der Waals surface area contributed by atoms with Crippen LogP contribution in [0.15, 0.2) is 18.6 Å². The Morgan fingerprint density at radius 3 is 2.84 bits per heavy atom. The van der Waals surface area contributed by atoms with E-state index >= 15 is 0 Å². The van der Waals surface area contributed by atoms with E-state index in [0.717, 1.165) is 25.1 Å². The van der Waals surface area contributed by atoms with E-state index in [9.17, 15) is 4.79 Å². The van der Waals surface area contributed by atoms with Gasteiger partial charge in [0.15, 0.2) is 0 Å². The van der Waals surface area contributed by atoms with Gasteiger partial charge in [0, 0.05) is 68.8 Å². The van der Waals surface area contributed by atoms with Crippen LogP contribution in [-0.4, -0.2) is 39.2 Å². The summed E-state index contributed by atoms with van der Waals surface area (Å²) in [5.74, 6) is 1.11. The van der Waals surface area contributed by atoms with Crippen LogP contribution in [-0.2, 0) is 24.8 Å². The number of amides is 1. The predicted molar refractivity (Wildman–Crippen MR) is 99.2 cm³/mol. The molecule has 1 fully saturated rings. The largest absolute Gasteiger partial charge is 0.338 e. The van der Waals surface area contributed by atoms with Crippen molar-refractivity contribution in [3.05, 3.63) is 34.0 Å². The lowest BCUT2D eigenvalue weighted by atomic mass is 9.96. The van der Waals surface area contributed by atoms with Gasteiger partial charge in [-0.1, -0.05) is 13.8 Å². The first-order valence-electron chi connectivity index (χ1n) is 8.82. The summed E-state index contributed by atoms with van der Waals surface area (Å²) in [6.07, 6.45) is 7.47. The van der Waals surface area contributed by atoms with Crippen molar-refractivity contribution in [3.8, 4) is 0 Å². The summed E-state index contributed by atoms with van der Waals surface area (Å²) in [5.41, 5.74) is 1.11. The number of nitrogens with zero attached hydrogens (tertiary/aromatic N) is 4. The van der Waals surface area contributed by atoms with E-state index in [1.807, 2.05) is 37.6 Å². The molecule has 0 spiro atoms. The van der Waals surface area contributed by atoms with Gasteiger partial charge < -0.3 is 10.2 Å². The molecule has 2 aromatic heterocycles. The number of aryl methyl sites for hydroxylation is 1. The van der Waals surface area contributed by atoms with Crippen molar-refractivity contribution >= 4 is 17.2 Å². The summed E-state index contributed by atoms with van der Waals surface area (Å²) < 4.78 is 1.80. The Labute approximate surface area is 153 Å². The summed E-state index contributed by atoms with van der Waals surface area (Å²) in [4.78, 5) is 19.8. The lowest BCUT2D eigenvalue weighted by Crippen LogP contribution is -2.28. The summed E-state index contributed by atoms with van der Waals surface area (Å²) in [5, 5.41) is 8.99. The Morgan fingerprint density at radius 2 is 2.16 bits per heavy atom. The molecule has 3 rings (SSSR count). The maximum atomic E-state index is 12.2. The van der Waals surface area contributed by atoms with Gasteiger partial charge in [-0.05, 0) is 5.92 Å². The molecule has 1 amide bonds. The molecule has 2 aromatic rings. The number of likely N-dealkylation sites (tertiary alicyclic amines) is 1. The Balaban J connectivity index is 1.58. The summed E-state index contributed by atoms with van der Waals surface area (Å²) in [6, 6.07) is 0.103. The van der Waals surface area contributed by atoms with Gasteiger partial charge in [-0.15, -0.1) is 11.3 Å². The lowest BCUT2D eigenvalue weighted by molar-refractivity contribution is -0.127. The van der Waals surface area contributed by atoms with Crippen LogP contribution in [0, 0.1) is 11.8 Å². The number of hydrogen-bond acceptors (Lipinski definition) is 5. The average Bonchev–Trinajstić information content (AvgIpc) is 3.21. The summed E-state index contributed by atoms with van der Waals surface area (Å²) in [6.45, 7) is 6.05. The van der Waals surface area contributed by atoms with Crippen LogP contribution in [0.5, 0.6) is 0 Å². The number of aromatic nitrogens is 3. The van der Waals surface area contributed by atoms with E-state index in [-0.39, 0.29) is 17.9 Å². The Morgan fingerprint density at radius 1 is 1.36 bits per heavy atom. The van der Waals surface area contributed by atoms with E-state index in [2.05, 4.69) is 29.2 Å². The summed E-state index contributed by atoms with van der Waals surface area (Å²) >= 11 is 1.78. The van der Waals surface area contributed by atoms with Crippen LogP contribution < -0.4 is 5.32 Å². The van der Waals surface area contributed by atoms with Crippen LogP contribution in [0.1, 0.15) is 41.8 Å². The van der Waals surface area contributed by atoms with Gasteiger partial charge in [-0.3, -0.25) is 9.48 Å². The molecule has 0 saturated carbocycles. The fraction of sp³-hybridized carbons (Fsp3) is 0.611. The molecular formula is C18H27N5OS. The third-order valence-electron chi connectivity index (χ3n) is 4.65. The molecule has 1 saturated heterocycles. The third kappa shape index (κ3) is 4.27. The van der Waals surface area contributed by atoms with Crippen molar-refractivity contribution < 1.29 is 4.79 Å². The van der Waals surface area contributed by atoms with Crippen molar-refractivity contribution in [2.24, 2.45) is 18.9 Å². The quantitative estimate of drug-likeness (QED) is 0.822. The molecule has 0 aliphatic carbocycles. The first-order chi connectivity index (χ1) is 11.9. The van der Waals surface area contributed by atoms with Crippen molar-refractivity contribution in [1.29, 1.82) is 0 Å². The maximum absolute atomic E-state index is 12.2. The molecule has 0 unspecified atom stereocenters. The second-order valence-corrected chi connectivity index (χ2v) is 8.51. The average molecular weight is 362 g/mol. The third-order valence-corrected chi connectivity index (χ3v) is 5.67. The van der Waals surface area contributed by atoms with Gasteiger partial charge in [0.25, 0.3) is 0 Å². The zero-order chi connectivity index (χ0) is 18.0. The number of nitrogens with one attached hydrogen (secondary N) is 1. The minimum atomic E-state index is 0.103. The van der Waals surface area contributed by atoms with Gasteiger partial charge in [-0.25, -0.2) is 4.98 Å². The van der Waals surface area contributed by atoms with Gasteiger partial charge >= 0.3 is 0 Å². The SMILES string of the molecule is CC(C)Cc1ncc(CNC[C@@H]2CC(=O)N(C)[C@H]2c2cnn(C)c2)s1. The van der Waals surface area contributed by atoms with E-state index < -0.39 is 0 Å². The van der Waals surface area contributed by atoms with Crippen molar-refractivity contribution in [2.75, 3.05) is 13.6 Å². The highest BCUT2D eigenvalue weighted by Crippen LogP contribution is 2.36. The van der Waals surface area contributed by atoms with Crippen LogP contribution in [0.2, 0.25) is 0 Å². The predicted octanol–water partition coefficient (Wildman–Crippen LogP) is 2.38. The standard InChI is InChI=1S/C18H27N5OS/c1-12(2)5-16-20-10-15(25-16)9-19-7-13-6-17(24)23(4)18(13)14-8-21-22(3)11-14/h8,10-13,18-19H,5-7,9H2,1-4H3/t13-,18+/m0/s1. The van der Waals surface area contributed by atoms with Crippen LogP contribution in [0.3, 0.4) is 0 Å². The molecule has 1 aliphatic heterocycles. The van der Waals surface area contributed by atoms with Crippen molar-refractivity contribution in [1.82, 2.24) is 25.0 Å². The number of hydrogen-bond donors (Lipinski definition) is 1. The monoisotopic (exact) mass is 361 g/mol. The highest BCUT2D eigenvalue weighted by molar-refractivity contribution is 7.11. The van der Waals surface area contributed by atoms with Crippen molar-refractivity contribution in [2.45, 2.75) is 39.3 Å². The number of rotatable bonds is 7. The molecule has 1 N–H and O–H groups in total. The Bertz CT molecular complexity index is 723. The number of carbonyl (C=O) groups is 1. The van der Waals surface area contributed by atoms with E-state index in [4.69, 9.17) is 0 Å². The molecule has 3 heterocycles. The molecule has 7 heteroatoms. The van der Waals surface area contributed by atoms with Crippen LogP contribution >= 0.6 is 11.3 Å². The van der Waals surface area contributed by atoms with Crippen LogP contribution in [0.4, 0.5) is 0 Å². The zero-order valence-electron chi connectivity index (χ0n) is 15.4. The fourth-order valence-corrected chi connectivity index (χ4v) is 4.58. The van der Waals surface area contributed by atoms with Crippen molar-refractivity contribution in [3.63, 3.8) is 0 Å². The van der Waals surface area contributed by atoms with E-state index in [1.165, 1.54) is 9.88 Å². The van der Waals surface area contributed by atoms with E-state index in [0.29, 0.717) is 12.3 Å². The normalized spacial score (nSPS) is 20.8. The minimum absolute atomic E-state index is 0.103. The van der Waals surface area contributed by atoms with Gasteiger partial charge in [0.2, 0.25) is 5.91 Å². The molecule has 0 bridgehead atoms. The molecule has 0 radical (unpaired) electrons. The molecule has 0 aromatic carbocycles. The smallest absolute Gasteiger partial charge is 0.223 e. The molecular weight excluding hydrogens is 334 g/mol. The first kappa shape index (κ1) is 18.1. The first-order valence-corrected chi connectivity index (χ1v) is 9.64. The molecule has 2 atom stereocenters. The molecule has 1 aliphatic rings. The number of thiazole rings is 1. The van der Waals surface area contributed by atoms with Gasteiger partial charge in [0.1, 0.15) is 0 Å². The zero-order valence-corrected chi connectivity index (χ0v) is 16.2. The van der Waals surface area contributed by atoms with Gasteiger partial charge in [-0.2, -0.15) is 5.10 Å². The lowest BCUT2D eigenvalue weighted by Gasteiger charge is -2.24. The summed E-state index contributed by atoms with van der Waals surface area (Å²) in [7, 11) is 3.80. The number of carbonyl (C=O) groups excluding carboxylic acids is 1. The molecule has 25 heavy (non-hydrogen) atoms. The minimum Gasteiger partial charge on any atom is -0.338 e. The second kappa shape index (κ2) is 7.66. The molecule has 6 nitrogen and oxygen atoms in total. The van der Waals surface area contributed by atoms with E-state index in [1.54, 1.807) is 16.0 Å². The topological polar surface area (TPSA) is 63.1 Å². The maximum Gasteiger partial charge on any atom is 0.223 e. The molecule has 136 valence electrons. The Kier molecular flexibility index (Phi) is 5.54. The second-order valence-electron chi connectivity index (χ2n) is 7.31.